The molecule has 0 unspecified atom stereocenters. The first kappa shape index (κ1) is 28.1. The average molecular weight is 500 g/mol. The highest BCUT2D eigenvalue weighted by atomic mass is 16.2. The number of aldehydes is 1. The van der Waals surface area contributed by atoms with E-state index in [1.165, 1.54) is 0 Å². The van der Waals surface area contributed by atoms with E-state index in [0.29, 0.717) is 5.56 Å². The highest BCUT2D eigenvalue weighted by molar-refractivity contribution is 5.96. The van der Waals surface area contributed by atoms with Gasteiger partial charge in [-0.2, -0.15) is 0 Å². The van der Waals surface area contributed by atoms with Crippen LogP contribution in [0.2, 0.25) is 0 Å². The molecule has 2 aromatic carbocycles. The van der Waals surface area contributed by atoms with Crippen molar-refractivity contribution in [1.82, 2.24) is 14.7 Å². The summed E-state index contributed by atoms with van der Waals surface area (Å²) in [7, 11) is 3.94. The lowest BCUT2D eigenvalue weighted by atomic mass is 9.81. The molecule has 0 spiro atoms. The second-order valence-electron chi connectivity index (χ2n) is 10.6. The fourth-order valence-corrected chi connectivity index (χ4v) is 5.00. The molecule has 0 saturated carbocycles. The van der Waals surface area contributed by atoms with Gasteiger partial charge in [-0.15, -0.1) is 0 Å². The van der Waals surface area contributed by atoms with Crippen molar-refractivity contribution in [3.8, 4) is 0 Å². The summed E-state index contributed by atoms with van der Waals surface area (Å²) in [4.78, 5) is 32.4. The number of rotatable bonds is 8. The molecule has 3 rings (SSSR count). The van der Waals surface area contributed by atoms with E-state index in [-0.39, 0.29) is 5.91 Å². The molecular formula is C32H41N3O2. The van der Waals surface area contributed by atoms with Crippen molar-refractivity contribution in [2.45, 2.75) is 40.0 Å². The minimum absolute atomic E-state index is 0.0229. The molecule has 1 saturated heterocycles. The third kappa shape index (κ3) is 6.28. The number of carbonyl (C=O) groups is 2. The van der Waals surface area contributed by atoms with Crippen LogP contribution in [0.5, 0.6) is 0 Å². The third-order valence-corrected chi connectivity index (χ3v) is 7.29. The monoisotopic (exact) mass is 499 g/mol. The van der Waals surface area contributed by atoms with Gasteiger partial charge in [-0.25, -0.2) is 0 Å². The van der Waals surface area contributed by atoms with Gasteiger partial charge in [-0.1, -0.05) is 66.2 Å². The lowest BCUT2D eigenvalue weighted by Crippen LogP contribution is -2.43. The van der Waals surface area contributed by atoms with Crippen LogP contribution in [0, 0.1) is 13.8 Å². The summed E-state index contributed by atoms with van der Waals surface area (Å²) in [5.41, 5.74) is 6.29. The molecule has 5 heteroatoms. The van der Waals surface area contributed by atoms with Crippen LogP contribution in [-0.4, -0.2) is 67.2 Å². The summed E-state index contributed by atoms with van der Waals surface area (Å²) in [5, 5.41) is 0. The molecule has 37 heavy (non-hydrogen) atoms. The summed E-state index contributed by atoms with van der Waals surface area (Å²) in [5.74, 6) is -0.0229. The van der Waals surface area contributed by atoms with Crippen molar-refractivity contribution in [2.24, 2.45) is 0 Å². The molecule has 1 aliphatic heterocycles. The maximum Gasteiger partial charge on any atom is 0.236 e. The summed E-state index contributed by atoms with van der Waals surface area (Å²) in [6.07, 6.45) is 4.84. The Morgan fingerprint density at radius 3 is 2.19 bits per heavy atom. The summed E-state index contributed by atoms with van der Waals surface area (Å²) < 4.78 is 0. The molecule has 0 N–H and O–H groups in total. The van der Waals surface area contributed by atoms with E-state index in [0.717, 1.165) is 71.7 Å². The number of likely N-dealkylation sites (N-methyl/N-ethyl adjacent to an activating group) is 2. The van der Waals surface area contributed by atoms with Crippen molar-refractivity contribution in [3.63, 3.8) is 0 Å². The second-order valence-corrected chi connectivity index (χ2v) is 10.6. The first-order chi connectivity index (χ1) is 17.5. The highest BCUT2D eigenvalue weighted by Crippen LogP contribution is 2.34. The largest absolute Gasteiger partial charge is 0.369 e. The van der Waals surface area contributed by atoms with Crippen LogP contribution in [0.25, 0.3) is 5.57 Å². The number of amides is 1. The molecule has 0 atom stereocenters. The van der Waals surface area contributed by atoms with Crippen molar-refractivity contribution < 1.29 is 9.59 Å². The SMILES string of the molecule is C=C(/C=C(\C(=C/C)N(C)C(=O)C(C)(C)c1cc(C)cc(C)c1)c1ccccc1C=O)N1CCN(C)CC1. The van der Waals surface area contributed by atoms with E-state index in [1.807, 2.05) is 64.2 Å². The van der Waals surface area contributed by atoms with Gasteiger partial charge in [0.1, 0.15) is 0 Å². The van der Waals surface area contributed by atoms with Gasteiger partial charge >= 0.3 is 0 Å². The van der Waals surface area contributed by atoms with Gasteiger partial charge in [0.25, 0.3) is 0 Å². The van der Waals surface area contributed by atoms with E-state index in [4.69, 9.17) is 0 Å². The van der Waals surface area contributed by atoms with E-state index in [9.17, 15) is 9.59 Å². The fraction of sp³-hybridized carbons (Fsp3) is 0.375. The number of carbonyl (C=O) groups excluding carboxylic acids is 2. The van der Waals surface area contributed by atoms with Crippen LogP contribution < -0.4 is 0 Å². The number of allylic oxidation sites excluding steroid dienone is 3. The van der Waals surface area contributed by atoms with Crippen LogP contribution in [0.15, 0.2) is 72.6 Å². The zero-order valence-electron chi connectivity index (χ0n) is 23.5. The minimum Gasteiger partial charge on any atom is -0.369 e. The van der Waals surface area contributed by atoms with Crippen LogP contribution in [0.4, 0.5) is 0 Å². The molecule has 5 nitrogen and oxygen atoms in total. The number of benzene rings is 2. The Kier molecular flexibility index (Phi) is 8.93. The standard InChI is InChI=1S/C32H41N3O2/c1-9-30(34(8)31(37)32(5,6)27-19-23(2)18-24(3)20-27)29(28-13-11-10-12-26(28)22-36)21-25(4)35-16-14-33(7)15-17-35/h9-13,18-22H,4,14-17H2,1-3,5-8H3/b29-21-,30-9+. The Hall–Kier alpha value is -3.44. The van der Waals surface area contributed by atoms with Gasteiger partial charge in [-0.05, 0) is 58.9 Å². The number of nitrogens with zero attached hydrogens (tertiary/aromatic N) is 3. The quantitative estimate of drug-likeness (QED) is 0.350. The van der Waals surface area contributed by atoms with Gasteiger partial charge in [0.05, 0.1) is 5.41 Å². The Balaban J connectivity index is 2.06. The van der Waals surface area contributed by atoms with Crippen LogP contribution in [0.1, 0.15) is 53.4 Å². The number of hydrogen-bond acceptors (Lipinski definition) is 4. The molecular weight excluding hydrogens is 458 g/mol. The Morgan fingerprint density at radius 2 is 1.62 bits per heavy atom. The number of piperazine rings is 1. The van der Waals surface area contributed by atoms with Crippen molar-refractivity contribution in [1.29, 1.82) is 0 Å². The molecule has 2 aromatic rings. The van der Waals surface area contributed by atoms with Crippen LogP contribution in [-0.2, 0) is 10.2 Å². The Labute approximate surface area is 222 Å². The topological polar surface area (TPSA) is 43.9 Å². The smallest absolute Gasteiger partial charge is 0.236 e. The Bertz CT molecular complexity index is 1210. The van der Waals surface area contributed by atoms with Crippen molar-refractivity contribution in [2.75, 3.05) is 40.3 Å². The zero-order chi connectivity index (χ0) is 27.3. The average Bonchev–Trinajstić information content (AvgIpc) is 2.87. The molecule has 1 aliphatic rings. The highest BCUT2D eigenvalue weighted by Gasteiger charge is 2.35. The molecule has 0 bridgehead atoms. The summed E-state index contributed by atoms with van der Waals surface area (Å²) in [6.45, 7) is 18.0. The molecule has 1 amide bonds. The molecule has 0 aromatic heterocycles. The van der Waals surface area contributed by atoms with Crippen molar-refractivity contribution in [3.05, 3.63) is 100 Å². The predicted molar refractivity (Wildman–Crippen MR) is 153 cm³/mol. The number of aryl methyl sites for hydroxylation is 2. The maximum atomic E-state index is 14.1. The van der Waals surface area contributed by atoms with E-state index in [2.05, 4.69) is 55.5 Å². The minimum atomic E-state index is -0.746. The first-order valence-corrected chi connectivity index (χ1v) is 12.9. The summed E-state index contributed by atoms with van der Waals surface area (Å²) in [6, 6.07) is 13.8. The molecule has 1 heterocycles. The second kappa shape index (κ2) is 11.7. The van der Waals surface area contributed by atoms with Crippen LogP contribution >= 0.6 is 0 Å². The predicted octanol–water partition coefficient (Wildman–Crippen LogP) is 5.60. The van der Waals surface area contributed by atoms with Gasteiger partial charge in [-0.3, -0.25) is 9.59 Å². The first-order valence-electron chi connectivity index (χ1n) is 12.9. The zero-order valence-corrected chi connectivity index (χ0v) is 23.5. The number of hydrogen-bond donors (Lipinski definition) is 0. The van der Waals surface area contributed by atoms with Gasteiger partial charge < -0.3 is 14.7 Å². The van der Waals surface area contributed by atoms with E-state index >= 15 is 0 Å². The van der Waals surface area contributed by atoms with Gasteiger partial charge in [0.15, 0.2) is 6.29 Å². The van der Waals surface area contributed by atoms with E-state index < -0.39 is 5.41 Å². The lowest BCUT2D eigenvalue weighted by molar-refractivity contribution is -0.132. The van der Waals surface area contributed by atoms with Crippen molar-refractivity contribution >= 4 is 17.8 Å². The van der Waals surface area contributed by atoms with Crippen LogP contribution in [0.3, 0.4) is 0 Å². The molecule has 196 valence electrons. The lowest BCUT2D eigenvalue weighted by Gasteiger charge is -2.35. The van der Waals surface area contributed by atoms with Gasteiger partial charge in [0, 0.05) is 55.8 Å². The Morgan fingerprint density at radius 1 is 1.03 bits per heavy atom. The molecule has 0 radical (unpaired) electrons. The van der Waals surface area contributed by atoms with Gasteiger partial charge in [0.2, 0.25) is 5.91 Å². The fourth-order valence-electron chi connectivity index (χ4n) is 5.00. The molecule has 0 aliphatic carbocycles. The third-order valence-electron chi connectivity index (χ3n) is 7.29. The van der Waals surface area contributed by atoms with E-state index in [1.54, 1.807) is 4.90 Å². The maximum absolute atomic E-state index is 14.1. The normalized spacial score (nSPS) is 15.5. The molecule has 1 fully saturated rings. The summed E-state index contributed by atoms with van der Waals surface area (Å²) >= 11 is 0.